The largest absolute Gasteiger partial charge is 0.394 e. The zero-order valence-corrected chi connectivity index (χ0v) is 10.1. The van der Waals surface area contributed by atoms with Gasteiger partial charge in [0, 0.05) is 19.3 Å². The number of aromatic nitrogens is 1. The number of aromatic amines is 1. The molecule has 1 aromatic heterocycles. The smallest absolute Gasteiger partial charge is 0.260 e. The Labute approximate surface area is 104 Å². The molecule has 0 aliphatic carbocycles. The molecule has 0 bridgehead atoms. The second kappa shape index (κ2) is 5.32. The molecule has 1 aliphatic rings. The third-order valence-corrected chi connectivity index (χ3v) is 2.87. The Morgan fingerprint density at radius 2 is 2.39 bits per heavy atom. The molecule has 1 amide bonds. The number of rotatable bonds is 2. The Balaban J connectivity index is 2.18. The minimum atomic E-state index is -0.401. The molecule has 1 aromatic rings. The van der Waals surface area contributed by atoms with E-state index in [0.29, 0.717) is 13.1 Å². The molecule has 2 atom stereocenters. The van der Waals surface area contributed by atoms with E-state index in [-0.39, 0.29) is 30.3 Å². The molecular weight excluding hydrogens is 236 g/mol. The maximum absolute atomic E-state index is 12.2. The Kier molecular flexibility index (Phi) is 3.78. The summed E-state index contributed by atoms with van der Waals surface area (Å²) in [5.74, 6) is -0.328. The Bertz CT molecular complexity index is 485. The second-order valence-electron chi connectivity index (χ2n) is 4.37. The first-order valence-corrected chi connectivity index (χ1v) is 5.85. The van der Waals surface area contributed by atoms with Gasteiger partial charge in [-0.05, 0) is 19.1 Å². The third kappa shape index (κ3) is 2.60. The first kappa shape index (κ1) is 12.8. The Hall–Kier alpha value is -1.66. The molecule has 6 nitrogen and oxygen atoms in total. The van der Waals surface area contributed by atoms with Crippen LogP contribution in [0.4, 0.5) is 0 Å². The van der Waals surface area contributed by atoms with Gasteiger partial charge < -0.3 is 19.7 Å². The van der Waals surface area contributed by atoms with Gasteiger partial charge in [-0.15, -0.1) is 0 Å². The average Bonchev–Trinajstić information content (AvgIpc) is 2.37. The van der Waals surface area contributed by atoms with Gasteiger partial charge in [0.15, 0.2) is 0 Å². The highest BCUT2D eigenvalue weighted by Gasteiger charge is 2.29. The minimum absolute atomic E-state index is 0.114. The number of H-pyrrole nitrogens is 1. The van der Waals surface area contributed by atoms with Crippen molar-refractivity contribution in [2.75, 3.05) is 19.7 Å². The molecule has 2 unspecified atom stereocenters. The minimum Gasteiger partial charge on any atom is -0.394 e. The number of pyridine rings is 1. The van der Waals surface area contributed by atoms with Gasteiger partial charge in [-0.3, -0.25) is 9.59 Å². The van der Waals surface area contributed by atoms with Gasteiger partial charge in [0.2, 0.25) is 0 Å². The van der Waals surface area contributed by atoms with E-state index >= 15 is 0 Å². The summed E-state index contributed by atoms with van der Waals surface area (Å²) in [5.41, 5.74) is -0.287. The van der Waals surface area contributed by atoms with Gasteiger partial charge in [0.1, 0.15) is 5.56 Å². The third-order valence-electron chi connectivity index (χ3n) is 2.87. The standard InChI is InChI=1S/C12H16N2O4/c1-8-5-14(6-9(7-15)18-8)12(17)10-3-2-4-13-11(10)16/h2-4,8-9,15H,5-7H2,1H3,(H,13,16). The molecule has 1 saturated heterocycles. The number of morpholine rings is 1. The van der Waals surface area contributed by atoms with Crippen molar-refractivity contribution in [2.24, 2.45) is 0 Å². The van der Waals surface area contributed by atoms with E-state index in [1.807, 2.05) is 6.92 Å². The Morgan fingerprint density at radius 3 is 3.06 bits per heavy atom. The molecule has 2 heterocycles. The maximum Gasteiger partial charge on any atom is 0.260 e. The van der Waals surface area contributed by atoms with Crippen LogP contribution in [0.15, 0.2) is 23.1 Å². The van der Waals surface area contributed by atoms with E-state index in [1.54, 1.807) is 11.0 Å². The summed E-state index contributed by atoms with van der Waals surface area (Å²) in [4.78, 5) is 27.8. The van der Waals surface area contributed by atoms with Crippen LogP contribution in [0.25, 0.3) is 0 Å². The van der Waals surface area contributed by atoms with E-state index in [2.05, 4.69) is 4.98 Å². The molecule has 1 fully saturated rings. The molecule has 0 spiro atoms. The lowest BCUT2D eigenvalue weighted by Gasteiger charge is -2.35. The normalized spacial score (nSPS) is 24.0. The molecule has 6 heteroatoms. The Morgan fingerprint density at radius 1 is 1.61 bits per heavy atom. The lowest BCUT2D eigenvalue weighted by atomic mass is 10.2. The summed E-state index contributed by atoms with van der Waals surface area (Å²) in [6.07, 6.45) is 0.945. The van der Waals surface area contributed by atoms with Crippen molar-refractivity contribution < 1.29 is 14.6 Å². The van der Waals surface area contributed by atoms with Gasteiger partial charge in [0.25, 0.3) is 11.5 Å². The number of carbonyl (C=O) groups is 1. The first-order chi connectivity index (χ1) is 8.61. The summed E-state index contributed by atoms with van der Waals surface area (Å²) in [5, 5.41) is 9.10. The van der Waals surface area contributed by atoms with Gasteiger partial charge in [-0.1, -0.05) is 0 Å². The predicted octanol–water partition coefficient (Wildman–Crippen LogP) is -0.403. The van der Waals surface area contributed by atoms with E-state index in [1.165, 1.54) is 12.3 Å². The monoisotopic (exact) mass is 252 g/mol. The van der Waals surface area contributed by atoms with Crippen molar-refractivity contribution >= 4 is 5.91 Å². The number of carbonyl (C=O) groups excluding carboxylic acids is 1. The summed E-state index contributed by atoms with van der Waals surface area (Å²) in [6, 6.07) is 3.11. The van der Waals surface area contributed by atoms with E-state index in [4.69, 9.17) is 9.84 Å². The van der Waals surface area contributed by atoms with Crippen LogP contribution in [0.1, 0.15) is 17.3 Å². The van der Waals surface area contributed by atoms with Crippen molar-refractivity contribution in [3.8, 4) is 0 Å². The summed E-state index contributed by atoms with van der Waals surface area (Å²) in [7, 11) is 0. The molecule has 98 valence electrons. The van der Waals surface area contributed by atoms with E-state index < -0.39 is 5.56 Å². The van der Waals surface area contributed by atoms with Gasteiger partial charge in [0.05, 0.1) is 18.8 Å². The van der Waals surface area contributed by atoms with Crippen LogP contribution >= 0.6 is 0 Å². The fourth-order valence-corrected chi connectivity index (χ4v) is 2.07. The highest BCUT2D eigenvalue weighted by atomic mass is 16.5. The molecule has 0 saturated carbocycles. The number of nitrogens with zero attached hydrogens (tertiary/aromatic N) is 1. The molecule has 1 aliphatic heterocycles. The van der Waals surface area contributed by atoms with Crippen LogP contribution in [0.2, 0.25) is 0 Å². The number of aliphatic hydroxyl groups is 1. The lowest BCUT2D eigenvalue weighted by molar-refractivity contribution is -0.0858. The van der Waals surface area contributed by atoms with Crippen LogP contribution in [-0.4, -0.2) is 52.8 Å². The lowest BCUT2D eigenvalue weighted by Crippen LogP contribution is -2.51. The number of nitrogens with one attached hydrogen (secondary N) is 1. The van der Waals surface area contributed by atoms with Crippen LogP contribution in [0, 0.1) is 0 Å². The van der Waals surface area contributed by atoms with Crippen molar-refractivity contribution in [2.45, 2.75) is 19.1 Å². The van der Waals surface area contributed by atoms with Crippen LogP contribution in [-0.2, 0) is 4.74 Å². The average molecular weight is 252 g/mol. The van der Waals surface area contributed by atoms with Gasteiger partial charge in [-0.2, -0.15) is 0 Å². The van der Waals surface area contributed by atoms with Gasteiger partial charge >= 0.3 is 0 Å². The molecule has 18 heavy (non-hydrogen) atoms. The summed E-state index contributed by atoms with van der Waals surface area (Å²) in [6.45, 7) is 2.41. The molecule has 0 aromatic carbocycles. The highest BCUT2D eigenvalue weighted by molar-refractivity contribution is 5.93. The molecule has 0 radical (unpaired) electrons. The number of hydrogen-bond donors (Lipinski definition) is 2. The van der Waals surface area contributed by atoms with E-state index in [0.717, 1.165) is 0 Å². The zero-order valence-electron chi connectivity index (χ0n) is 10.1. The summed E-state index contributed by atoms with van der Waals surface area (Å²) >= 11 is 0. The zero-order chi connectivity index (χ0) is 13.1. The number of ether oxygens (including phenoxy) is 1. The maximum atomic E-state index is 12.2. The summed E-state index contributed by atoms with van der Waals surface area (Å²) < 4.78 is 5.45. The van der Waals surface area contributed by atoms with Crippen LogP contribution < -0.4 is 5.56 Å². The van der Waals surface area contributed by atoms with Crippen molar-refractivity contribution in [3.05, 3.63) is 34.2 Å². The highest BCUT2D eigenvalue weighted by Crippen LogP contribution is 2.12. The molecule has 2 N–H and O–H groups in total. The SMILES string of the molecule is CC1CN(C(=O)c2ccc[nH]c2=O)CC(CO)O1. The second-order valence-corrected chi connectivity index (χ2v) is 4.37. The van der Waals surface area contributed by atoms with E-state index in [9.17, 15) is 9.59 Å². The van der Waals surface area contributed by atoms with Crippen molar-refractivity contribution in [1.82, 2.24) is 9.88 Å². The van der Waals surface area contributed by atoms with Crippen LogP contribution in [0.3, 0.4) is 0 Å². The molecule has 2 rings (SSSR count). The van der Waals surface area contributed by atoms with Crippen LogP contribution in [0.5, 0.6) is 0 Å². The fraction of sp³-hybridized carbons (Fsp3) is 0.500. The topological polar surface area (TPSA) is 82.6 Å². The fourth-order valence-electron chi connectivity index (χ4n) is 2.07. The number of amides is 1. The van der Waals surface area contributed by atoms with Crippen molar-refractivity contribution in [3.63, 3.8) is 0 Å². The predicted molar refractivity (Wildman–Crippen MR) is 64.4 cm³/mol. The first-order valence-electron chi connectivity index (χ1n) is 5.85. The van der Waals surface area contributed by atoms with Gasteiger partial charge in [-0.25, -0.2) is 0 Å². The number of hydrogen-bond acceptors (Lipinski definition) is 4. The molecular formula is C12H16N2O4. The quantitative estimate of drug-likeness (QED) is 0.750. The van der Waals surface area contributed by atoms with Crippen molar-refractivity contribution in [1.29, 1.82) is 0 Å². The number of aliphatic hydroxyl groups excluding tert-OH is 1.